The van der Waals surface area contributed by atoms with E-state index in [9.17, 15) is 9.90 Å². The van der Waals surface area contributed by atoms with E-state index in [1.54, 1.807) is 0 Å². The van der Waals surface area contributed by atoms with Crippen LogP contribution in [0.25, 0.3) is 0 Å². The zero-order valence-corrected chi connectivity index (χ0v) is 11.8. The van der Waals surface area contributed by atoms with Crippen LogP contribution in [0, 0.1) is 5.41 Å². The van der Waals surface area contributed by atoms with E-state index in [0.29, 0.717) is 19.5 Å². The fourth-order valence-electron chi connectivity index (χ4n) is 3.11. The summed E-state index contributed by atoms with van der Waals surface area (Å²) < 4.78 is 0. The van der Waals surface area contributed by atoms with E-state index in [1.165, 1.54) is 0 Å². The number of carbonyl (C=O) groups is 1. The lowest BCUT2D eigenvalue weighted by molar-refractivity contribution is -0.145. The van der Waals surface area contributed by atoms with E-state index in [-0.39, 0.29) is 17.4 Å². The Kier molecular flexibility index (Phi) is 3.70. The number of likely N-dealkylation sites (tertiary alicyclic amines) is 1. The molecule has 2 heterocycles. The van der Waals surface area contributed by atoms with Crippen molar-refractivity contribution >= 4 is 5.91 Å². The Bertz CT molecular complexity index is 322. The van der Waals surface area contributed by atoms with Crippen LogP contribution >= 0.6 is 0 Å². The Balaban J connectivity index is 2.05. The molecule has 2 N–H and O–H groups in total. The summed E-state index contributed by atoms with van der Waals surface area (Å²) >= 11 is 0. The lowest BCUT2D eigenvalue weighted by Crippen LogP contribution is -2.61. The normalized spacial score (nSPS) is 36.4. The van der Waals surface area contributed by atoms with E-state index in [2.05, 4.69) is 5.32 Å². The van der Waals surface area contributed by atoms with Gasteiger partial charge >= 0.3 is 0 Å². The summed E-state index contributed by atoms with van der Waals surface area (Å²) in [6.07, 6.45) is 3.59. The molecule has 2 rings (SSSR count). The number of hydrogen-bond donors (Lipinski definition) is 2. The van der Waals surface area contributed by atoms with Gasteiger partial charge in [-0.1, -0.05) is 13.8 Å². The van der Waals surface area contributed by atoms with Crippen molar-refractivity contribution in [3.05, 3.63) is 0 Å². The molecule has 0 aromatic rings. The van der Waals surface area contributed by atoms with Crippen LogP contribution in [0.2, 0.25) is 0 Å². The predicted octanol–water partition coefficient (Wildman–Crippen LogP) is 1.14. The molecule has 4 nitrogen and oxygen atoms in total. The van der Waals surface area contributed by atoms with Gasteiger partial charge in [-0.3, -0.25) is 4.79 Å². The molecule has 1 amide bonds. The van der Waals surface area contributed by atoms with Crippen LogP contribution in [-0.4, -0.2) is 47.2 Å². The quantitative estimate of drug-likeness (QED) is 0.738. The minimum absolute atomic E-state index is 0.195. The second-order valence-corrected chi connectivity index (χ2v) is 6.74. The number of aliphatic hydroxyl groups excluding tert-OH is 1. The Morgan fingerprint density at radius 3 is 2.61 bits per heavy atom. The van der Waals surface area contributed by atoms with E-state index in [0.717, 1.165) is 25.8 Å². The average Bonchev–Trinajstić information content (AvgIpc) is 2.32. The van der Waals surface area contributed by atoms with E-state index >= 15 is 0 Å². The maximum atomic E-state index is 12.7. The fraction of sp³-hybridized carbons (Fsp3) is 0.929. The van der Waals surface area contributed by atoms with Crippen LogP contribution in [-0.2, 0) is 4.79 Å². The highest BCUT2D eigenvalue weighted by atomic mass is 16.3. The number of piperidine rings is 2. The minimum Gasteiger partial charge on any atom is -0.392 e. The molecule has 104 valence electrons. The molecule has 0 bridgehead atoms. The summed E-state index contributed by atoms with van der Waals surface area (Å²) in [5, 5.41) is 13.3. The van der Waals surface area contributed by atoms with Crippen molar-refractivity contribution in [1.29, 1.82) is 0 Å². The molecule has 18 heavy (non-hydrogen) atoms. The Labute approximate surface area is 110 Å². The number of nitrogens with one attached hydrogen (secondary N) is 1. The predicted molar refractivity (Wildman–Crippen MR) is 71.2 cm³/mol. The van der Waals surface area contributed by atoms with Gasteiger partial charge in [0.2, 0.25) is 5.91 Å². The fourth-order valence-corrected chi connectivity index (χ4v) is 3.11. The first-order valence-electron chi connectivity index (χ1n) is 7.08. The highest BCUT2D eigenvalue weighted by molar-refractivity contribution is 5.86. The molecule has 0 aliphatic carbocycles. The van der Waals surface area contributed by atoms with Crippen molar-refractivity contribution in [2.24, 2.45) is 5.41 Å². The van der Waals surface area contributed by atoms with Crippen molar-refractivity contribution in [2.45, 2.75) is 58.1 Å². The first-order valence-corrected chi connectivity index (χ1v) is 7.08. The molecule has 2 aliphatic heterocycles. The van der Waals surface area contributed by atoms with Crippen molar-refractivity contribution in [3.63, 3.8) is 0 Å². The number of aliphatic hydroxyl groups is 1. The van der Waals surface area contributed by atoms with Gasteiger partial charge in [0.05, 0.1) is 11.6 Å². The summed E-state index contributed by atoms with van der Waals surface area (Å²) in [7, 11) is 0. The summed E-state index contributed by atoms with van der Waals surface area (Å²) in [6.45, 7) is 8.36. The van der Waals surface area contributed by atoms with Crippen molar-refractivity contribution < 1.29 is 9.90 Å². The molecular formula is C14H26N2O2. The lowest BCUT2D eigenvalue weighted by atomic mass is 9.80. The third-order valence-electron chi connectivity index (χ3n) is 4.55. The number of hydrogen-bond acceptors (Lipinski definition) is 3. The molecule has 0 spiro atoms. The number of nitrogens with zero attached hydrogens (tertiary/aromatic N) is 1. The van der Waals surface area contributed by atoms with Crippen LogP contribution in [0.15, 0.2) is 0 Å². The molecule has 2 saturated heterocycles. The van der Waals surface area contributed by atoms with Crippen LogP contribution in [0.5, 0.6) is 0 Å². The Morgan fingerprint density at radius 2 is 2.06 bits per heavy atom. The molecule has 4 heteroatoms. The molecule has 2 atom stereocenters. The molecule has 0 radical (unpaired) electrons. The summed E-state index contributed by atoms with van der Waals surface area (Å²) in [5.74, 6) is 0.210. The van der Waals surface area contributed by atoms with Crippen LogP contribution in [0.1, 0.15) is 46.5 Å². The molecule has 2 aliphatic rings. The van der Waals surface area contributed by atoms with Crippen molar-refractivity contribution in [1.82, 2.24) is 10.2 Å². The van der Waals surface area contributed by atoms with Gasteiger partial charge < -0.3 is 15.3 Å². The van der Waals surface area contributed by atoms with Crippen molar-refractivity contribution in [3.8, 4) is 0 Å². The lowest BCUT2D eigenvalue weighted by Gasteiger charge is -2.45. The summed E-state index contributed by atoms with van der Waals surface area (Å²) in [5.41, 5.74) is -0.588. The standard InChI is InChI=1S/C14H26N2O2/c1-13(2)10-16(9-6-11(13)17)12(18)14(3)7-4-5-8-15-14/h11,15,17H,4-10H2,1-3H3. The second kappa shape index (κ2) is 4.82. The maximum Gasteiger partial charge on any atom is 0.242 e. The maximum absolute atomic E-state index is 12.7. The monoisotopic (exact) mass is 254 g/mol. The van der Waals surface area contributed by atoms with Gasteiger partial charge in [0, 0.05) is 18.5 Å². The average molecular weight is 254 g/mol. The molecule has 0 aromatic heterocycles. The van der Waals surface area contributed by atoms with Gasteiger partial charge in [-0.05, 0) is 39.2 Å². The van der Waals surface area contributed by atoms with Gasteiger partial charge in [0.15, 0.2) is 0 Å². The van der Waals surface area contributed by atoms with Crippen LogP contribution in [0.3, 0.4) is 0 Å². The number of carbonyl (C=O) groups excluding carboxylic acids is 1. The largest absolute Gasteiger partial charge is 0.392 e. The van der Waals surface area contributed by atoms with Gasteiger partial charge in [-0.15, -0.1) is 0 Å². The number of rotatable bonds is 1. The van der Waals surface area contributed by atoms with Gasteiger partial charge in [-0.25, -0.2) is 0 Å². The van der Waals surface area contributed by atoms with Crippen LogP contribution in [0.4, 0.5) is 0 Å². The zero-order valence-electron chi connectivity index (χ0n) is 11.8. The smallest absolute Gasteiger partial charge is 0.242 e. The summed E-state index contributed by atoms with van der Waals surface area (Å²) in [6, 6.07) is 0. The first kappa shape index (κ1) is 13.8. The second-order valence-electron chi connectivity index (χ2n) is 6.74. The molecular weight excluding hydrogens is 228 g/mol. The minimum atomic E-state index is -0.392. The van der Waals surface area contributed by atoms with Crippen LogP contribution < -0.4 is 5.32 Å². The SMILES string of the molecule is CC1(C(=O)N2CCC(O)C(C)(C)C2)CCCCN1. The zero-order chi connectivity index (χ0) is 13.4. The summed E-state index contributed by atoms with van der Waals surface area (Å²) in [4.78, 5) is 14.6. The van der Waals surface area contributed by atoms with Crippen molar-refractivity contribution in [2.75, 3.05) is 19.6 Å². The van der Waals surface area contributed by atoms with E-state index < -0.39 is 5.54 Å². The Hall–Kier alpha value is -0.610. The molecule has 2 fully saturated rings. The van der Waals surface area contributed by atoms with E-state index in [4.69, 9.17) is 0 Å². The third-order valence-corrected chi connectivity index (χ3v) is 4.55. The van der Waals surface area contributed by atoms with Gasteiger partial charge in [-0.2, -0.15) is 0 Å². The van der Waals surface area contributed by atoms with Gasteiger partial charge in [0.25, 0.3) is 0 Å². The highest BCUT2D eigenvalue weighted by Gasteiger charge is 2.42. The van der Waals surface area contributed by atoms with Gasteiger partial charge in [0.1, 0.15) is 0 Å². The molecule has 0 aromatic carbocycles. The topological polar surface area (TPSA) is 52.6 Å². The molecule has 0 saturated carbocycles. The first-order chi connectivity index (χ1) is 8.35. The number of amides is 1. The highest BCUT2D eigenvalue weighted by Crippen LogP contribution is 2.31. The Morgan fingerprint density at radius 1 is 1.33 bits per heavy atom. The van der Waals surface area contributed by atoms with E-state index in [1.807, 2.05) is 25.7 Å². The third kappa shape index (κ3) is 2.54. The molecule has 2 unspecified atom stereocenters.